The number of carbonyl (C=O) groups excluding carboxylic acids is 1. The van der Waals surface area contributed by atoms with Crippen molar-refractivity contribution in [3.63, 3.8) is 0 Å². The van der Waals surface area contributed by atoms with Gasteiger partial charge < -0.3 is 9.26 Å². The number of quaternary nitrogens is 1. The lowest BCUT2D eigenvalue weighted by atomic mass is 9.90. The van der Waals surface area contributed by atoms with Crippen LogP contribution in [0.1, 0.15) is 24.5 Å². The molecule has 1 saturated heterocycles. The first-order valence-electron chi connectivity index (χ1n) is 8.72. The molecule has 1 aliphatic rings. The van der Waals surface area contributed by atoms with Crippen LogP contribution in [0.3, 0.4) is 0 Å². The minimum atomic E-state index is -0.315. The van der Waals surface area contributed by atoms with Gasteiger partial charge >= 0.3 is 6.09 Å². The Morgan fingerprint density at radius 2 is 1.88 bits per heavy atom. The van der Waals surface area contributed by atoms with Crippen LogP contribution in [0, 0.1) is 5.82 Å². The average molecular weight is 355 g/mol. The number of benzene rings is 2. The number of likely N-dealkylation sites (tertiary alicyclic amines) is 1. The number of fused-ring (bicyclic) bond motifs is 1. The first-order valence-corrected chi connectivity index (χ1v) is 8.72. The molecule has 2 heterocycles. The summed E-state index contributed by atoms with van der Waals surface area (Å²) in [4.78, 5) is 12.6. The zero-order chi connectivity index (χ0) is 18.1. The summed E-state index contributed by atoms with van der Waals surface area (Å²) in [5, 5.41) is 4.56. The molecule has 0 atom stereocenters. The van der Waals surface area contributed by atoms with Crippen molar-refractivity contribution in [1.82, 2.24) is 5.16 Å². The number of para-hydroxylation sites is 1. The van der Waals surface area contributed by atoms with Gasteiger partial charge in [0.25, 0.3) is 0 Å². The molecule has 5 nitrogen and oxygen atoms in total. The quantitative estimate of drug-likeness (QED) is 0.636. The second-order valence-corrected chi connectivity index (χ2v) is 6.98. The fraction of sp³-hybridized carbons (Fsp3) is 0.300. The molecule has 0 saturated carbocycles. The Balaban J connectivity index is 1.48. The molecule has 1 aliphatic heterocycles. The van der Waals surface area contributed by atoms with E-state index in [1.54, 1.807) is 24.3 Å². The molecule has 0 aliphatic carbocycles. The van der Waals surface area contributed by atoms with E-state index in [0.717, 1.165) is 12.8 Å². The second-order valence-electron chi connectivity index (χ2n) is 6.98. The molecule has 0 unspecified atom stereocenters. The summed E-state index contributed by atoms with van der Waals surface area (Å²) in [7, 11) is 1.88. The number of ether oxygens (including phenoxy) is 1. The third-order valence-electron chi connectivity index (χ3n) is 5.19. The van der Waals surface area contributed by atoms with Crippen LogP contribution in [0.4, 0.5) is 9.18 Å². The van der Waals surface area contributed by atoms with Crippen LogP contribution in [0.5, 0.6) is 5.75 Å². The smallest absolute Gasteiger partial charge is 0.381 e. The first-order chi connectivity index (χ1) is 12.6. The predicted molar refractivity (Wildman–Crippen MR) is 94.3 cm³/mol. The molecule has 4 rings (SSSR count). The topological polar surface area (TPSA) is 52.3 Å². The highest BCUT2D eigenvalue weighted by molar-refractivity contribution is 5.80. The number of carbonyl (C=O) groups is 1. The molecule has 134 valence electrons. The third-order valence-corrected chi connectivity index (χ3v) is 5.19. The van der Waals surface area contributed by atoms with Gasteiger partial charge in [-0.05, 0) is 24.3 Å². The van der Waals surface area contributed by atoms with E-state index >= 15 is 0 Å². The molecule has 26 heavy (non-hydrogen) atoms. The Morgan fingerprint density at radius 3 is 2.62 bits per heavy atom. The van der Waals surface area contributed by atoms with Gasteiger partial charge in [-0.3, -0.25) is 0 Å². The lowest BCUT2D eigenvalue weighted by Crippen LogP contribution is -2.54. The van der Waals surface area contributed by atoms with Crippen molar-refractivity contribution >= 4 is 17.1 Å². The summed E-state index contributed by atoms with van der Waals surface area (Å²) in [6.07, 6.45) is 1.16. The number of piperidine rings is 1. The molecular formula is C20H20FN2O3+. The van der Waals surface area contributed by atoms with E-state index in [9.17, 15) is 9.18 Å². The number of aromatic nitrogens is 1. The highest BCUT2D eigenvalue weighted by atomic mass is 19.1. The maximum atomic E-state index is 14.2. The number of halogens is 1. The number of rotatable bonds is 2. The van der Waals surface area contributed by atoms with Crippen molar-refractivity contribution in [1.29, 1.82) is 0 Å². The Morgan fingerprint density at radius 1 is 1.15 bits per heavy atom. The molecule has 2 aromatic carbocycles. The minimum absolute atomic E-state index is 0.0730. The number of amides is 1. The molecule has 0 N–H and O–H groups in total. The van der Waals surface area contributed by atoms with Crippen LogP contribution in [0.2, 0.25) is 0 Å². The zero-order valence-corrected chi connectivity index (χ0v) is 14.5. The second kappa shape index (κ2) is 6.53. The van der Waals surface area contributed by atoms with E-state index in [2.05, 4.69) is 5.16 Å². The largest absolute Gasteiger partial charge is 0.521 e. The van der Waals surface area contributed by atoms with Gasteiger partial charge in [0.05, 0.1) is 31.2 Å². The van der Waals surface area contributed by atoms with Gasteiger partial charge in [0.2, 0.25) is 0 Å². The number of hydrogen-bond donors (Lipinski definition) is 0. The van der Waals surface area contributed by atoms with E-state index in [1.807, 2.05) is 25.2 Å². The highest BCUT2D eigenvalue weighted by Gasteiger charge is 2.40. The van der Waals surface area contributed by atoms with Crippen LogP contribution in [-0.2, 0) is 0 Å². The normalized spacial score (nSPS) is 23.1. The van der Waals surface area contributed by atoms with E-state index < -0.39 is 0 Å². The van der Waals surface area contributed by atoms with Crippen LogP contribution in [0.15, 0.2) is 53.1 Å². The molecule has 0 spiro atoms. The summed E-state index contributed by atoms with van der Waals surface area (Å²) in [6, 6.07) is 13.8. The van der Waals surface area contributed by atoms with Crippen LogP contribution >= 0.6 is 0 Å². The monoisotopic (exact) mass is 355 g/mol. The van der Waals surface area contributed by atoms with Crippen LogP contribution in [0.25, 0.3) is 11.0 Å². The summed E-state index contributed by atoms with van der Waals surface area (Å²) in [5.41, 5.74) is 1.12. The van der Waals surface area contributed by atoms with E-state index in [4.69, 9.17) is 9.26 Å². The van der Waals surface area contributed by atoms with Gasteiger partial charge in [-0.15, -0.1) is 0 Å². The van der Waals surface area contributed by atoms with Gasteiger partial charge in [0.1, 0.15) is 11.6 Å². The third kappa shape index (κ3) is 2.97. The minimum Gasteiger partial charge on any atom is -0.381 e. The van der Waals surface area contributed by atoms with Crippen molar-refractivity contribution in [2.45, 2.75) is 18.8 Å². The van der Waals surface area contributed by atoms with Gasteiger partial charge in [0.15, 0.2) is 5.58 Å². The highest BCUT2D eigenvalue weighted by Crippen LogP contribution is 2.35. The van der Waals surface area contributed by atoms with E-state index in [0.29, 0.717) is 35.5 Å². The molecule has 1 fully saturated rings. The number of nitrogens with zero attached hydrogens (tertiary/aromatic N) is 2. The Hall–Kier alpha value is -2.73. The maximum absolute atomic E-state index is 14.2. The zero-order valence-electron chi connectivity index (χ0n) is 14.5. The van der Waals surface area contributed by atoms with Crippen molar-refractivity contribution in [2.24, 2.45) is 0 Å². The summed E-state index contributed by atoms with van der Waals surface area (Å²) >= 11 is 0. The molecule has 1 aromatic heterocycles. The average Bonchev–Trinajstić information content (AvgIpc) is 3.09. The molecule has 6 heteroatoms. The maximum Gasteiger partial charge on any atom is 0.521 e. The lowest BCUT2D eigenvalue weighted by molar-refractivity contribution is -0.841. The lowest BCUT2D eigenvalue weighted by Gasteiger charge is -2.36. The van der Waals surface area contributed by atoms with Crippen molar-refractivity contribution < 1.29 is 22.9 Å². The molecular weight excluding hydrogens is 335 g/mol. The molecule has 0 radical (unpaired) electrons. The summed E-state index contributed by atoms with van der Waals surface area (Å²) in [6.45, 7) is 1.22. The standard InChI is InChI=1S/C20H20FN2O3/c1-23(20(24)25-15-6-3-2-4-7-15)12-10-14(11-13-23)19-18-16(21)8-5-9-17(18)26-22-19/h2-9,14H,10-13H2,1H3/q+1. The van der Waals surface area contributed by atoms with Crippen molar-refractivity contribution in [3.05, 3.63) is 60.0 Å². The molecule has 1 amide bonds. The predicted octanol–water partition coefficient (Wildman–Crippen LogP) is 4.49. The molecule has 0 bridgehead atoms. The van der Waals surface area contributed by atoms with E-state index in [1.165, 1.54) is 6.07 Å². The van der Waals surface area contributed by atoms with Crippen LogP contribution in [-0.4, -0.2) is 35.9 Å². The fourth-order valence-electron chi connectivity index (χ4n) is 3.54. The summed E-state index contributed by atoms with van der Waals surface area (Å²) < 4.78 is 25.2. The fourth-order valence-corrected chi connectivity index (χ4v) is 3.54. The van der Waals surface area contributed by atoms with Crippen molar-refractivity contribution in [2.75, 3.05) is 20.1 Å². The van der Waals surface area contributed by atoms with Gasteiger partial charge in [-0.1, -0.05) is 29.4 Å². The summed E-state index contributed by atoms with van der Waals surface area (Å²) in [5.74, 6) is 0.303. The van der Waals surface area contributed by atoms with Gasteiger partial charge in [0, 0.05) is 18.8 Å². The Bertz CT molecular complexity index is 931. The van der Waals surface area contributed by atoms with Gasteiger partial charge in [-0.2, -0.15) is 4.79 Å². The number of hydrogen-bond acceptors (Lipinski definition) is 4. The Labute approximate surface area is 150 Å². The van der Waals surface area contributed by atoms with Crippen LogP contribution < -0.4 is 4.74 Å². The SMILES string of the molecule is C[N+]1(C(=O)Oc2ccccc2)CCC(c2noc3cccc(F)c23)CC1. The molecule has 3 aromatic rings. The van der Waals surface area contributed by atoms with Crippen molar-refractivity contribution in [3.8, 4) is 5.75 Å². The van der Waals surface area contributed by atoms with Gasteiger partial charge in [-0.25, -0.2) is 8.87 Å². The Kier molecular flexibility index (Phi) is 4.20. The first kappa shape index (κ1) is 16.7. The van der Waals surface area contributed by atoms with E-state index in [-0.39, 0.29) is 22.3 Å².